The largest absolute Gasteiger partial charge is 0.342 e. The molecule has 3 aliphatic rings. The molecule has 0 N–H and O–H groups in total. The molecule has 2 atom stereocenters. The van der Waals surface area contributed by atoms with Crippen LogP contribution in [0.2, 0.25) is 0 Å². The van der Waals surface area contributed by atoms with Crippen LogP contribution >= 0.6 is 0 Å². The van der Waals surface area contributed by atoms with Crippen molar-refractivity contribution in [3.8, 4) is 0 Å². The number of carbonyl (C=O) groups is 2. The smallest absolute Gasteiger partial charge is 0.261 e. The monoisotopic (exact) mass is 459 g/mol. The highest BCUT2D eigenvalue weighted by atomic mass is 16.2. The second-order valence-corrected chi connectivity index (χ2v) is 10.1. The molecule has 2 fully saturated rings. The Hall–Kier alpha value is -3.06. The molecule has 2 amide bonds. The van der Waals surface area contributed by atoms with Gasteiger partial charge in [0.15, 0.2) is 0 Å². The summed E-state index contributed by atoms with van der Waals surface area (Å²) >= 11 is 0. The topological polar surface area (TPSA) is 69.6 Å². The number of hydrogen-bond acceptors (Lipinski definition) is 5. The van der Waals surface area contributed by atoms with Gasteiger partial charge in [-0.1, -0.05) is 30.3 Å². The second kappa shape index (κ2) is 8.95. The molecule has 1 aromatic carbocycles. The van der Waals surface area contributed by atoms with Crippen molar-refractivity contribution in [1.29, 1.82) is 0 Å². The molecule has 0 saturated carbocycles. The lowest BCUT2D eigenvalue weighted by Gasteiger charge is -2.32. The van der Waals surface area contributed by atoms with E-state index in [1.54, 1.807) is 6.92 Å². The lowest BCUT2D eigenvalue weighted by atomic mass is 9.76. The maximum atomic E-state index is 13.1. The van der Waals surface area contributed by atoms with Crippen LogP contribution in [0.5, 0.6) is 0 Å². The molecule has 0 bridgehead atoms. The number of hydrogen-bond donors (Lipinski definition) is 0. The fourth-order valence-electron chi connectivity index (χ4n) is 5.94. The highest BCUT2D eigenvalue weighted by molar-refractivity contribution is 5.97. The van der Waals surface area contributed by atoms with Gasteiger partial charge in [-0.05, 0) is 44.4 Å². The van der Waals surface area contributed by atoms with Crippen molar-refractivity contribution in [2.75, 3.05) is 39.3 Å². The first-order valence-corrected chi connectivity index (χ1v) is 12.2. The van der Waals surface area contributed by atoms with Gasteiger partial charge in [0.05, 0.1) is 17.0 Å². The van der Waals surface area contributed by atoms with Crippen molar-refractivity contribution in [2.45, 2.75) is 39.0 Å². The molecular formula is C27H33N5O2. The number of amides is 2. The van der Waals surface area contributed by atoms with Crippen LogP contribution in [-0.2, 0) is 10.2 Å². The number of aryl methyl sites for hydroxylation is 2. The summed E-state index contributed by atoms with van der Waals surface area (Å²) in [6, 6.07) is 10.7. The molecule has 2 saturated heterocycles. The molecule has 34 heavy (non-hydrogen) atoms. The van der Waals surface area contributed by atoms with Gasteiger partial charge in [-0.25, -0.2) is 9.97 Å². The van der Waals surface area contributed by atoms with Gasteiger partial charge in [0.1, 0.15) is 6.33 Å². The molecule has 2 unspecified atom stereocenters. The van der Waals surface area contributed by atoms with Gasteiger partial charge >= 0.3 is 0 Å². The number of fused-ring (bicyclic) bond motifs is 1. The molecular weight excluding hydrogens is 426 g/mol. The predicted octanol–water partition coefficient (Wildman–Crippen LogP) is 2.95. The Balaban J connectivity index is 1.25. The normalized spacial score (nSPS) is 24.4. The van der Waals surface area contributed by atoms with E-state index in [1.807, 2.05) is 23.6 Å². The number of benzene rings is 1. The summed E-state index contributed by atoms with van der Waals surface area (Å²) in [4.78, 5) is 40.0. The van der Waals surface area contributed by atoms with Crippen molar-refractivity contribution >= 4 is 11.8 Å². The number of rotatable bonds is 5. The molecule has 0 spiro atoms. The third-order valence-corrected chi connectivity index (χ3v) is 7.94. The number of likely N-dealkylation sites (tertiary alicyclic amines) is 2. The Labute approximate surface area is 201 Å². The first-order valence-electron chi connectivity index (χ1n) is 12.2. The Morgan fingerprint density at radius 3 is 2.47 bits per heavy atom. The predicted molar refractivity (Wildman–Crippen MR) is 130 cm³/mol. The molecule has 2 aromatic rings. The second-order valence-electron chi connectivity index (χ2n) is 10.1. The molecule has 7 heteroatoms. The van der Waals surface area contributed by atoms with E-state index in [2.05, 4.69) is 51.4 Å². The van der Waals surface area contributed by atoms with E-state index in [0.29, 0.717) is 11.5 Å². The summed E-state index contributed by atoms with van der Waals surface area (Å²) in [6.45, 7) is 10.6. The van der Waals surface area contributed by atoms with Crippen LogP contribution in [0.15, 0.2) is 48.4 Å². The van der Waals surface area contributed by atoms with E-state index in [0.717, 1.165) is 63.5 Å². The number of nitrogens with zero attached hydrogens (tertiary/aromatic N) is 5. The zero-order chi connectivity index (χ0) is 23.9. The van der Waals surface area contributed by atoms with E-state index < -0.39 is 0 Å². The highest BCUT2D eigenvalue weighted by Crippen LogP contribution is 2.39. The third-order valence-electron chi connectivity index (χ3n) is 7.94. The van der Waals surface area contributed by atoms with Gasteiger partial charge < -0.3 is 9.80 Å². The molecule has 178 valence electrons. The van der Waals surface area contributed by atoms with Crippen molar-refractivity contribution < 1.29 is 9.59 Å². The summed E-state index contributed by atoms with van der Waals surface area (Å²) in [5.74, 6) is 0.555. The SMILES string of the molecule is CC(=O)N1CCC(CCN2CC3=CN(C(=O)c4c(C)ncnc4C)CC3C2)(c2ccccc2)C1. The fourth-order valence-corrected chi connectivity index (χ4v) is 5.94. The molecule has 0 radical (unpaired) electrons. The number of carbonyl (C=O) groups excluding carboxylic acids is 2. The van der Waals surface area contributed by atoms with Gasteiger partial charge in [-0.2, -0.15) is 0 Å². The van der Waals surface area contributed by atoms with Gasteiger partial charge in [0, 0.05) is 57.2 Å². The van der Waals surface area contributed by atoms with Gasteiger partial charge in [-0.15, -0.1) is 0 Å². The summed E-state index contributed by atoms with van der Waals surface area (Å²) in [5.41, 5.74) is 4.78. The first kappa shape index (κ1) is 22.7. The van der Waals surface area contributed by atoms with E-state index >= 15 is 0 Å². The summed E-state index contributed by atoms with van der Waals surface area (Å²) < 4.78 is 0. The zero-order valence-electron chi connectivity index (χ0n) is 20.3. The summed E-state index contributed by atoms with van der Waals surface area (Å²) in [6.07, 6.45) is 5.61. The molecule has 0 aliphatic carbocycles. The average Bonchev–Trinajstić information content (AvgIpc) is 3.52. The Kier molecular flexibility index (Phi) is 5.98. The van der Waals surface area contributed by atoms with E-state index in [1.165, 1.54) is 17.5 Å². The molecule has 4 heterocycles. The van der Waals surface area contributed by atoms with Crippen LogP contribution < -0.4 is 0 Å². The third kappa shape index (κ3) is 4.13. The molecule has 5 rings (SSSR count). The van der Waals surface area contributed by atoms with Gasteiger partial charge in [0.2, 0.25) is 5.91 Å². The minimum absolute atomic E-state index is 0.00219. The van der Waals surface area contributed by atoms with Crippen molar-refractivity contribution in [3.63, 3.8) is 0 Å². The average molecular weight is 460 g/mol. The minimum Gasteiger partial charge on any atom is -0.342 e. The quantitative estimate of drug-likeness (QED) is 0.688. The maximum Gasteiger partial charge on any atom is 0.261 e. The Bertz CT molecular complexity index is 1110. The molecule has 7 nitrogen and oxygen atoms in total. The zero-order valence-corrected chi connectivity index (χ0v) is 20.3. The van der Waals surface area contributed by atoms with Crippen LogP contribution in [0.3, 0.4) is 0 Å². The number of aromatic nitrogens is 2. The van der Waals surface area contributed by atoms with E-state index in [9.17, 15) is 9.59 Å². The summed E-state index contributed by atoms with van der Waals surface area (Å²) in [7, 11) is 0. The van der Waals surface area contributed by atoms with Crippen molar-refractivity contribution in [2.24, 2.45) is 5.92 Å². The Morgan fingerprint density at radius 1 is 1.09 bits per heavy atom. The standard InChI is InChI=1S/C27H33N5O2/c1-19-25(20(2)29-18-28-19)26(34)32-15-22-13-30(14-23(22)16-32)11-9-27(24-7-5-4-6-8-24)10-12-31(17-27)21(3)33/h4-8,15,18,23H,9-14,16-17H2,1-3H3. The first-order chi connectivity index (χ1) is 16.4. The van der Waals surface area contributed by atoms with Crippen molar-refractivity contribution in [1.82, 2.24) is 24.7 Å². The van der Waals surface area contributed by atoms with E-state index in [-0.39, 0.29) is 17.2 Å². The minimum atomic E-state index is 0.00219. The van der Waals surface area contributed by atoms with Gasteiger partial charge in [-0.3, -0.25) is 14.5 Å². The van der Waals surface area contributed by atoms with Crippen LogP contribution in [0.1, 0.15) is 47.1 Å². The lowest BCUT2D eigenvalue weighted by molar-refractivity contribution is -0.128. The van der Waals surface area contributed by atoms with Crippen LogP contribution in [0.25, 0.3) is 0 Å². The van der Waals surface area contributed by atoms with Crippen LogP contribution in [0, 0.1) is 19.8 Å². The molecule has 1 aromatic heterocycles. The molecule has 3 aliphatic heterocycles. The lowest BCUT2D eigenvalue weighted by Crippen LogP contribution is -2.37. The maximum absolute atomic E-state index is 13.1. The van der Waals surface area contributed by atoms with Crippen molar-refractivity contribution in [3.05, 3.63) is 70.9 Å². The fraction of sp³-hybridized carbons (Fsp3) is 0.481. The van der Waals surface area contributed by atoms with Gasteiger partial charge in [0.25, 0.3) is 5.91 Å². The van der Waals surface area contributed by atoms with Crippen LogP contribution in [0.4, 0.5) is 0 Å². The summed E-state index contributed by atoms with van der Waals surface area (Å²) in [5, 5.41) is 0. The van der Waals surface area contributed by atoms with Crippen LogP contribution in [-0.4, -0.2) is 75.8 Å². The Morgan fingerprint density at radius 2 is 1.82 bits per heavy atom. The van der Waals surface area contributed by atoms with E-state index in [4.69, 9.17) is 0 Å². The highest BCUT2D eigenvalue weighted by Gasteiger charge is 2.42.